The standard InChI is InChI=1S/C27H21N5O4S3/c33-20(18-14-35-21-7-3-1-5-16(18)21)13-25-31-29-23(38-25)9-11-37-12-10-24-30-32-27(39-24)28-26(34)19-15-36-22-8-4-2-6-17(19)22/h1-8,14-15H,9-13H2,(H,28,32,34). The largest absolute Gasteiger partial charge is 0.464 e. The summed E-state index contributed by atoms with van der Waals surface area (Å²) in [7, 11) is 0. The number of anilines is 1. The number of fused-ring (bicyclic) bond motifs is 2. The van der Waals surface area contributed by atoms with Crippen LogP contribution in [-0.4, -0.2) is 43.6 Å². The third-order valence-electron chi connectivity index (χ3n) is 5.94. The van der Waals surface area contributed by atoms with E-state index in [-0.39, 0.29) is 18.1 Å². The number of para-hydroxylation sites is 2. The van der Waals surface area contributed by atoms with Crippen LogP contribution in [0, 0.1) is 0 Å². The van der Waals surface area contributed by atoms with Crippen LogP contribution in [0.1, 0.15) is 35.7 Å². The number of rotatable bonds is 11. The summed E-state index contributed by atoms with van der Waals surface area (Å²) in [5, 5.41) is 24.1. The van der Waals surface area contributed by atoms with Crippen LogP contribution in [0.15, 0.2) is 69.9 Å². The summed E-state index contributed by atoms with van der Waals surface area (Å²) in [5.74, 6) is 1.45. The van der Waals surface area contributed by atoms with E-state index in [4.69, 9.17) is 8.83 Å². The molecule has 0 spiro atoms. The Bertz CT molecular complexity index is 1640. The van der Waals surface area contributed by atoms with Gasteiger partial charge in [-0.15, -0.1) is 31.7 Å². The third kappa shape index (κ3) is 5.77. The minimum atomic E-state index is -0.270. The zero-order chi connectivity index (χ0) is 26.6. The smallest absolute Gasteiger partial charge is 0.261 e. The van der Waals surface area contributed by atoms with Gasteiger partial charge in [0.15, 0.2) is 5.78 Å². The van der Waals surface area contributed by atoms with E-state index in [9.17, 15) is 9.59 Å². The van der Waals surface area contributed by atoms with E-state index in [0.717, 1.165) is 45.1 Å². The predicted octanol–water partition coefficient (Wildman–Crippen LogP) is 6.08. The van der Waals surface area contributed by atoms with Crippen molar-refractivity contribution in [3.8, 4) is 0 Å². The van der Waals surface area contributed by atoms with Crippen LogP contribution in [-0.2, 0) is 19.3 Å². The Morgan fingerprint density at radius 1 is 0.744 bits per heavy atom. The number of ketones is 1. The van der Waals surface area contributed by atoms with Gasteiger partial charge in [0.05, 0.1) is 17.5 Å². The van der Waals surface area contributed by atoms with Crippen LogP contribution in [0.5, 0.6) is 0 Å². The van der Waals surface area contributed by atoms with E-state index >= 15 is 0 Å². The van der Waals surface area contributed by atoms with Crippen LogP contribution < -0.4 is 5.32 Å². The molecule has 2 aromatic carbocycles. The molecule has 1 amide bonds. The van der Waals surface area contributed by atoms with E-state index in [1.807, 2.05) is 48.5 Å². The molecule has 6 aromatic rings. The van der Waals surface area contributed by atoms with Crippen LogP contribution >= 0.6 is 34.4 Å². The van der Waals surface area contributed by atoms with Crippen molar-refractivity contribution in [3.05, 3.63) is 87.2 Å². The molecule has 0 bridgehead atoms. The zero-order valence-corrected chi connectivity index (χ0v) is 22.9. The maximum Gasteiger partial charge on any atom is 0.261 e. The van der Waals surface area contributed by atoms with E-state index in [2.05, 4.69) is 25.7 Å². The second kappa shape index (κ2) is 11.5. The van der Waals surface area contributed by atoms with Gasteiger partial charge in [0.2, 0.25) is 5.13 Å². The van der Waals surface area contributed by atoms with E-state index in [1.165, 1.54) is 35.2 Å². The Balaban J connectivity index is 0.936. The summed E-state index contributed by atoms with van der Waals surface area (Å²) in [5.41, 5.74) is 2.41. The molecule has 0 saturated carbocycles. The molecule has 4 heterocycles. The molecule has 6 rings (SSSR count). The minimum absolute atomic E-state index is 0.0252. The second-order valence-electron chi connectivity index (χ2n) is 8.55. The molecule has 0 radical (unpaired) electrons. The molecule has 0 atom stereocenters. The Morgan fingerprint density at radius 3 is 2.08 bits per heavy atom. The molecule has 9 nitrogen and oxygen atoms in total. The second-order valence-corrected chi connectivity index (χ2v) is 12.0. The van der Waals surface area contributed by atoms with Crippen molar-refractivity contribution in [1.29, 1.82) is 0 Å². The number of amides is 1. The highest BCUT2D eigenvalue weighted by molar-refractivity contribution is 7.99. The number of nitrogens with zero attached hydrogens (tertiary/aromatic N) is 4. The lowest BCUT2D eigenvalue weighted by molar-refractivity contribution is 0.0991. The lowest BCUT2D eigenvalue weighted by Crippen LogP contribution is -2.10. The zero-order valence-electron chi connectivity index (χ0n) is 20.5. The molecular weight excluding hydrogens is 555 g/mol. The van der Waals surface area contributed by atoms with Gasteiger partial charge in [0.25, 0.3) is 5.91 Å². The Hall–Kier alpha value is -3.87. The van der Waals surface area contributed by atoms with Crippen molar-refractivity contribution in [3.63, 3.8) is 0 Å². The van der Waals surface area contributed by atoms with Crippen LogP contribution in [0.25, 0.3) is 21.9 Å². The fourth-order valence-corrected chi connectivity index (χ4v) is 6.75. The van der Waals surface area contributed by atoms with Gasteiger partial charge in [0.1, 0.15) is 38.7 Å². The lowest BCUT2D eigenvalue weighted by Gasteiger charge is -1.98. The van der Waals surface area contributed by atoms with Gasteiger partial charge in [0, 0.05) is 23.6 Å². The van der Waals surface area contributed by atoms with E-state index in [0.29, 0.717) is 32.4 Å². The molecule has 0 unspecified atom stereocenters. The van der Waals surface area contributed by atoms with Crippen molar-refractivity contribution < 1.29 is 18.4 Å². The molecule has 12 heteroatoms. The maximum atomic E-state index is 12.7. The molecule has 0 aliphatic heterocycles. The Morgan fingerprint density at radius 2 is 1.33 bits per heavy atom. The quantitative estimate of drug-likeness (QED) is 0.145. The van der Waals surface area contributed by atoms with Crippen molar-refractivity contribution in [2.24, 2.45) is 0 Å². The molecule has 4 aromatic heterocycles. The fraction of sp³-hybridized carbons (Fsp3) is 0.185. The first-order valence-electron chi connectivity index (χ1n) is 12.1. The summed E-state index contributed by atoms with van der Waals surface area (Å²) < 4.78 is 10.9. The summed E-state index contributed by atoms with van der Waals surface area (Å²) in [4.78, 5) is 25.4. The van der Waals surface area contributed by atoms with Crippen LogP contribution in [0.2, 0.25) is 0 Å². The number of furan rings is 2. The number of Topliss-reactive ketones (excluding diaryl/α,β-unsaturated/α-hetero) is 1. The summed E-state index contributed by atoms with van der Waals surface area (Å²) in [6.07, 6.45) is 4.71. The number of nitrogens with one attached hydrogen (secondary N) is 1. The highest BCUT2D eigenvalue weighted by atomic mass is 32.2. The minimum Gasteiger partial charge on any atom is -0.464 e. The predicted molar refractivity (Wildman–Crippen MR) is 153 cm³/mol. The normalized spacial score (nSPS) is 11.4. The van der Waals surface area contributed by atoms with Gasteiger partial charge in [-0.3, -0.25) is 14.9 Å². The van der Waals surface area contributed by atoms with Gasteiger partial charge in [-0.05, 0) is 23.6 Å². The van der Waals surface area contributed by atoms with Gasteiger partial charge in [-0.25, -0.2) is 0 Å². The van der Waals surface area contributed by atoms with Gasteiger partial charge >= 0.3 is 0 Å². The Labute approximate surface area is 234 Å². The summed E-state index contributed by atoms with van der Waals surface area (Å²) in [6.45, 7) is 0. The maximum absolute atomic E-state index is 12.7. The highest BCUT2D eigenvalue weighted by Gasteiger charge is 2.17. The molecule has 39 heavy (non-hydrogen) atoms. The number of hydrogen-bond donors (Lipinski definition) is 1. The summed E-state index contributed by atoms with van der Waals surface area (Å²) >= 11 is 4.63. The first-order chi connectivity index (χ1) is 19.1. The highest BCUT2D eigenvalue weighted by Crippen LogP contribution is 2.25. The van der Waals surface area contributed by atoms with Gasteiger partial charge in [-0.1, -0.05) is 47.7 Å². The topological polar surface area (TPSA) is 124 Å². The van der Waals surface area contributed by atoms with Crippen LogP contribution in [0.3, 0.4) is 0 Å². The summed E-state index contributed by atoms with van der Waals surface area (Å²) in [6, 6.07) is 14.9. The first-order valence-corrected chi connectivity index (χ1v) is 14.9. The molecule has 0 fully saturated rings. The molecule has 0 aliphatic rings. The van der Waals surface area contributed by atoms with Crippen molar-refractivity contribution >= 4 is 73.2 Å². The number of benzene rings is 2. The third-order valence-corrected chi connectivity index (χ3v) is 8.80. The number of thioether (sulfide) groups is 1. The fourth-order valence-electron chi connectivity index (χ4n) is 4.03. The Kier molecular flexibility index (Phi) is 7.48. The molecule has 1 N–H and O–H groups in total. The lowest BCUT2D eigenvalue weighted by atomic mass is 10.1. The number of aryl methyl sites for hydroxylation is 2. The number of hydrogen-bond acceptors (Lipinski definition) is 11. The monoisotopic (exact) mass is 575 g/mol. The van der Waals surface area contributed by atoms with Crippen molar-refractivity contribution in [1.82, 2.24) is 20.4 Å². The molecule has 196 valence electrons. The first kappa shape index (κ1) is 25.4. The number of aromatic nitrogens is 4. The van der Waals surface area contributed by atoms with Crippen molar-refractivity contribution in [2.45, 2.75) is 19.3 Å². The SMILES string of the molecule is O=C(Cc1nnc(CCSCCc2nnc(NC(=O)c3coc4ccccc34)s2)s1)c1coc2ccccc12. The number of carbonyl (C=O) groups is 2. The van der Waals surface area contributed by atoms with Gasteiger partial charge in [-0.2, -0.15) is 11.8 Å². The van der Waals surface area contributed by atoms with Crippen LogP contribution in [0.4, 0.5) is 5.13 Å². The molecule has 0 aliphatic carbocycles. The number of carbonyl (C=O) groups excluding carboxylic acids is 2. The van der Waals surface area contributed by atoms with Gasteiger partial charge < -0.3 is 8.83 Å². The van der Waals surface area contributed by atoms with E-state index in [1.54, 1.807) is 11.8 Å². The molecule has 0 saturated heterocycles. The average molecular weight is 576 g/mol. The van der Waals surface area contributed by atoms with E-state index < -0.39 is 0 Å². The molecular formula is C27H21N5O4S3. The average Bonchev–Trinajstić information content (AvgIpc) is 3.75. The van der Waals surface area contributed by atoms with Crippen molar-refractivity contribution in [2.75, 3.05) is 16.8 Å².